The molecule has 0 amide bonds. The predicted octanol–water partition coefficient (Wildman–Crippen LogP) is 2.46. The second kappa shape index (κ2) is 9.65. The number of aromatic nitrogens is 1. The van der Waals surface area contributed by atoms with E-state index < -0.39 is 24.1 Å². The molecule has 150 valence electrons. The van der Waals surface area contributed by atoms with Crippen LogP contribution in [-0.2, 0) is 20.8 Å². The van der Waals surface area contributed by atoms with Crippen LogP contribution in [0.3, 0.4) is 0 Å². The summed E-state index contributed by atoms with van der Waals surface area (Å²) in [5.74, 6) is -1.17. The Labute approximate surface area is 162 Å². The van der Waals surface area contributed by atoms with E-state index in [2.05, 4.69) is 0 Å². The van der Waals surface area contributed by atoms with E-state index >= 15 is 0 Å². The maximum absolute atomic E-state index is 12.4. The van der Waals surface area contributed by atoms with E-state index in [1.54, 1.807) is 19.2 Å². The SMILES string of the molecule is COCCn1c(C)cc(C(=O)COC(=O)COc2ccccc2[N+](=O)[O-])c1C. The summed E-state index contributed by atoms with van der Waals surface area (Å²) in [7, 11) is 1.60. The molecule has 0 N–H and O–H groups in total. The summed E-state index contributed by atoms with van der Waals surface area (Å²) in [6.07, 6.45) is 0. The first-order valence-corrected chi connectivity index (χ1v) is 8.55. The average Bonchev–Trinajstić information content (AvgIpc) is 2.96. The topological polar surface area (TPSA) is 110 Å². The molecular formula is C19H22N2O7. The highest BCUT2D eigenvalue weighted by Gasteiger charge is 2.19. The summed E-state index contributed by atoms with van der Waals surface area (Å²) in [5.41, 5.74) is 1.89. The zero-order valence-corrected chi connectivity index (χ0v) is 16.0. The number of aryl methyl sites for hydroxylation is 1. The number of Topliss-reactive ketones (excluding diaryl/α,β-unsaturated/α-hetero) is 1. The highest BCUT2D eigenvalue weighted by molar-refractivity contribution is 5.99. The van der Waals surface area contributed by atoms with Gasteiger partial charge in [-0.2, -0.15) is 0 Å². The Morgan fingerprint density at radius 3 is 2.57 bits per heavy atom. The van der Waals surface area contributed by atoms with E-state index in [9.17, 15) is 19.7 Å². The molecule has 0 bridgehead atoms. The van der Waals surface area contributed by atoms with E-state index in [1.165, 1.54) is 18.2 Å². The number of hydrogen-bond donors (Lipinski definition) is 0. The van der Waals surface area contributed by atoms with Crippen molar-refractivity contribution in [2.75, 3.05) is 26.9 Å². The minimum Gasteiger partial charge on any atom is -0.475 e. The molecule has 1 aromatic carbocycles. The number of carbonyl (C=O) groups is 2. The lowest BCUT2D eigenvalue weighted by Crippen LogP contribution is -2.20. The van der Waals surface area contributed by atoms with Crippen LogP contribution in [0.1, 0.15) is 21.7 Å². The summed E-state index contributed by atoms with van der Waals surface area (Å²) < 4.78 is 17.1. The van der Waals surface area contributed by atoms with Gasteiger partial charge in [-0.25, -0.2) is 4.79 Å². The summed E-state index contributed by atoms with van der Waals surface area (Å²) in [6, 6.07) is 7.43. The number of para-hydroxylation sites is 2. The highest BCUT2D eigenvalue weighted by atomic mass is 16.6. The molecule has 0 aliphatic carbocycles. The second-order valence-electron chi connectivity index (χ2n) is 6.03. The molecule has 0 unspecified atom stereocenters. The number of nitro groups is 1. The Kier molecular flexibility index (Phi) is 7.28. The number of methoxy groups -OCH3 is 1. The molecule has 9 nitrogen and oxygen atoms in total. The van der Waals surface area contributed by atoms with Gasteiger partial charge in [-0.3, -0.25) is 14.9 Å². The number of benzene rings is 1. The summed E-state index contributed by atoms with van der Waals surface area (Å²) in [5, 5.41) is 10.9. The van der Waals surface area contributed by atoms with Crippen LogP contribution in [0.2, 0.25) is 0 Å². The van der Waals surface area contributed by atoms with Crippen LogP contribution in [0.4, 0.5) is 5.69 Å². The van der Waals surface area contributed by atoms with Crippen LogP contribution >= 0.6 is 0 Å². The van der Waals surface area contributed by atoms with Crippen LogP contribution in [-0.4, -0.2) is 48.2 Å². The van der Waals surface area contributed by atoms with Gasteiger partial charge < -0.3 is 18.8 Å². The van der Waals surface area contributed by atoms with Crippen molar-refractivity contribution < 1.29 is 28.7 Å². The van der Waals surface area contributed by atoms with E-state index in [0.717, 1.165) is 11.4 Å². The van der Waals surface area contributed by atoms with Crippen LogP contribution in [0.25, 0.3) is 0 Å². The van der Waals surface area contributed by atoms with Gasteiger partial charge in [-0.05, 0) is 26.0 Å². The zero-order chi connectivity index (χ0) is 20.7. The fourth-order valence-corrected chi connectivity index (χ4v) is 2.74. The van der Waals surface area contributed by atoms with E-state index in [0.29, 0.717) is 18.7 Å². The van der Waals surface area contributed by atoms with Gasteiger partial charge in [0.2, 0.25) is 5.78 Å². The van der Waals surface area contributed by atoms with Crippen LogP contribution < -0.4 is 4.74 Å². The van der Waals surface area contributed by atoms with Gasteiger partial charge in [0.1, 0.15) is 0 Å². The smallest absolute Gasteiger partial charge is 0.344 e. The number of ether oxygens (including phenoxy) is 3. The first kappa shape index (κ1) is 21.1. The monoisotopic (exact) mass is 390 g/mol. The molecular weight excluding hydrogens is 368 g/mol. The number of nitrogens with zero attached hydrogens (tertiary/aromatic N) is 2. The van der Waals surface area contributed by atoms with Crippen LogP contribution in [0.5, 0.6) is 5.75 Å². The van der Waals surface area contributed by atoms with Crippen molar-refractivity contribution in [3.63, 3.8) is 0 Å². The molecule has 0 saturated carbocycles. The van der Waals surface area contributed by atoms with Gasteiger partial charge in [-0.1, -0.05) is 12.1 Å². The quantitative estimate of drug-likeness (QED) is 0.265. The van der Waals surface area contributed by atoms with Crippen molar-refractivity contribution >= 4 is 17.4 Å². The second-order valence-corrected chi connectivity index (χ2v) is 6.03. The molecule has 28 heavy (non-hydrogen) atoms. The van der Waals surface area contributed by atoms with Crippen molar-refractivity contribution in [3.05, 3.63) is 57.4 Å². The van der Waals surface area contributed by atoms with E-state index in [-0.39, 0.29) is 17.2 Å². The molecule has 0 aliphatic heterocycles. The zero-order valence-electron chi connectivity index (χ0n) is 16.0. The molecule has 2 rings (SSSR count). The predicted molar refractivity (Wildman–Crippen MR) is 99.7 cm³/mol. The van der Waals surface area contributed by atoms with Crippen LogP contribution in [0, 0.1) is 24.0 Å². The Hall–Kier alpha value is -3.20. The maximum atomic E-state index is 12.4. The fraction of sp³-hybridized carbons (Fsp3) is 0.368. The van der Waals surface area contributed by atoms with Crippen molar-refractivity contribution in [3.8, 4) is 5.75 Å². The summed E-state index contributed by atoms with van der Waals surface area (Å²) in [4.78, 5) is 34.5. The van der Waals surface area contributed by atoms with Crippen molar-refractivity contribution in [1.82, 2.24) is 4.57 Å². The normalized spacial score (nSPS) is 10.5. The molecule has 0 saturated heterocycles. The molecule has 0 fully saturated rings. The van der Waals surface area contributed by atoms with Gasteiger partial charge in [0.05, 0.1) is 11.5 Å². The molecule has 9 heteroatoms. The minimum absolute atomic E-state index is 0.0440. The van der Waals surface area contributed by atoms with Gasteiger partial charge in [0.25, 0.3) is 0 Å². The minimum atomic E-state index is -0.792. The van der Waals surface area contributed by atoms with Crippen molar-refractivity contribution in [2.45, 2.75) is 20.4 Å². The Balaban J connectivity index is 1.91. The van der Waals surface area contributed by atoms with Gasteiger partial charge in [0, 0.05) is 36.7 Å². The molecule has 1 aromatic heterocycles. The Bertz CT molecular complexity index is 873. The molecule has 2 aromatic rings. The number of carbonyl (C=O) groups excluding carboxylic acids is 2. The number of esters is 1. The number of nitro benzene ring substituents is 1. The summed E-state index contributed by atoms with van der Waals surface area (Å²) >= 11 is 0. The third-order valence-corrected chi connectivity index (χ3v) is 4.16. The number of hydrogen-bond acceptors (Lipinski definition) is 7. The largest absolute Gasteiger partial charge is 0.475 e. The lowest BCUT2D eigenvalue weighted by Gasteiger charge is -2.09. The summed E-state index contributed by atoms with van der Waals surface area (Å²) in [6.45, 7) is 3.85. The molecule has 1 heterocycles. The fourth-order valence-electron chi connectivity index (χ4n) is 2.74. The maximum Gasteiger partial charge on any atom is 0.344 e. The van der Waals surface area contributed by atoms with E-state index in [4.69, 9.17) is 14.2 Å². The van der Waals surface area contributed by atoms with Crippen molar-refractivity contribution in [1.29, 1.82) is 0 Å². The third kappa shape index (κ3) is 5.17. The number of ketones is 1. The molecule has 0 aliphatic rings. The molecule has 0 atom stereocenters. The molecule has 0 radical (unpaired) electrons. The van der Waals surface area contributed by atoms with E-state index in [1.807, 2.05) is 18.4 Å². The average molecular weight is 390 g/mol. The first-order valence-electron chi connectivity index (χ1n) is 8.55. The number of rotatable bonds is 10. The van der Waals surface area contributed by atoms with Gasteiger partial charge in [-0.15, -0.1) is 0 Å². The van der Waals surface area contributed by atoms with Gasteiger partial charge >= 0.3 is 11.7 Å². The Morgan fingerprint density at radius 1 is 1.18 bits per heavy atom. The first-order chi connectivity index (χ1) is 13.3. The third-order valence-electron chi connectivity index (χ3n) is 4.16. The van der Waals surface area contributed by atoms with Crippen LogP contribution in [0.15, 0.2) is 30.3 Å². The van der Waals surface area contributed by atoms with Gasteiger partial charge in [0.15, 0.2) is 19.0 Å². The standard InChI is InChI=1S/C19H22N2O7/c1-13-10-15(14(2)20(13)8-9-26-3)17(22)11-28-19(23)12-27-18-7-5-4-6-16(18)21(24)25/h4-7,10H,8-9,11-12H2,1-3H3. The van der Waals surface area contributed by atoms with Crippen molar-refractivity contribution in [2.24, 2.45) is 0 Å². The Morgan fingerprint density at radius 2 is 1.89 bits per heavy atom. The lowest BCUT2D eigenvalue weighted by atomic mass is 10.1. The molecule has 0 spiro atoms. The lowest BCUT2D eigenvalue weighted by molar-refractivity contribution is -0.385. The highest BCUT2D eigenvalue weighted by Crippen LogP contribution is 2.25.